The molecule has 0 aromatic heterocycles. The summed E-state index contributed by atoms with van der Waals surface area (Å²) in [5.74, 6) is 1.33. The lowest BCUT2D eigenvalue weighted by Gasteiger charge is -2.17. The molecule has 0 aliphatic heterocycles. The summed E-state index contributed by atoms with van der Waals surface area (Å²) in [6, 6.07) is 7.77. The Morgan fingerprint density at radius 1 is 1.36 bits per heavy atom. The lowest BCUT2D eigenvalue weighted by atomic mass is 9.95. The molecular weight excluding hydrogens is 280 g/mol. The van der Waals surface area contributed by atoms with E-state index in [1.165, 1.54) is 0 Å². The van der Waals surface area contributed by atoms with Crippen LogP contribution in [0.5, 0.6) is 5.75 Å². The Hall–Kier alpha value is -1.59. The third-order valence-corrected chi connectivity index (χ3v) is 4.22. The maximum atomic E-state index is 12.3. The number of nitrogens with two attached hydrogens (primary N) is 1. The second-order valence-corrected chi connectivity index (χ2v) is 5.74. The summed E-state index contributed by atoms with van der Waals surface area (Å²) < 4.78 is 10.5. The van der Waals surface area contributed by atoms with Crippen molar-refractivity contribution in [1.82, 2.24) is 5.32 Å². The van der Waals surface area contributed by atoms with Gasteiger partial charge in [-0.25, -0.2) is 0 Å². The van der Waals surface area contributed by atoms with E-state index in [-0.39, 0.29) is 11.8 Å². The number of ether oxygens (including phenoxy) is 2. The van der Waals surface area contributed by atoms with Crippen LogP contribution in [0.15, 0.2) is 24.3 Å². The van der Waals surface area contributed by atoms with Gasteiger partial charge in [-0.1, -0.05) is 18.6 Å². The molecule has 1 aliphatic carbocycles. The van der Waals surface area contributed by atoms with Gasteiger partial charge in [0.1, 0.15) is 12.4 Å². The van der Waals surface area contributed by atoms with E-state index in [0.717, 1.165) is 30.6 Å². The van der Waals surface area contributed by atoms with Crippen LogP contribution in [0, 0.1) is 11.8 Å². The van der Waals surface area contributed by atoms with Crippen molar-refractivity contribution < 1.29 is 14.3 Å². The molecule has 1 fully saturated rings. The van der Waals surface area contributed by atoms with Crippen LogP contribution < -0.4 is 15.8 Å². The van der Waals surface area contributed by atoms with Crippen LogP contribution in [0.1, 0.15) is 24.8 Å². The number of hydrogen-bond acceptors (Lipinski definition) is 4. The predicted octanol–water partition coefficient (Wildman–Crippen LogP) is 1.70. The van der Waals surface area contributed by atoms with Crippen molar-refractivity contribution in [2.75, 3.05) is 26.9 Å². The first kappa shape index (κ1) is 16.8. The molecular formula is C17H26N2O3. The van der Waals surface area contributed by atoms with Gasteiger partial charge < -0.3 is 20.5 Å². The van der Waals surface area contributed by atoms with Crippen molar-refractivity contribution in [2.45, 2.75) is 25.8 Å². The molecule has 0 saturated heterocycles. The fourth-order valence-corrected chi connectivity index (χ4v) is 2.97. The normalized spacial score (nSPS) is 20.8. The lowest BCUT2D eigenvalue weighted by Crippen LogP contribution is -2.34. The average Bonchev–Trinajstić information content (AvgIpc) is 3.02. The highest BCUT2D eigenvalue weighted by Crippen LogP contribution is 2.31. The molecule has 2 rings (SSSR count). The highest BCUT2D eigenvalue weighted by atomic mass is 16.5. The van der Waals surface area contributed by atoms with E-state index in [1.807, 2.05) is 24.3 Å². The zero-order valence-corrected chi connectivity index (χ0v) is 13.2. The Labute approximate surface area is 132 Å². The molecule has 22 heavy (non-hydrogen) atoms. The van der Waals surface area contributed by atoms with Crippen LogP contribution in [0.25, 0.3) is 0 Å². The molecule has 3 N–H and O–H groups in total. The average molecular weight is 306 g/mol. The number of rotatable bonds is 8. The van der Waals surface area contributed by atoms with Crippen molar-refractivity contribution in [2.24, 2.45) is 17.6 Å². The summed E-state index contributed by atoms with van der Waals surface area (Å²) in [7, 11) is 1.65. The van der Waals surface area contributed by atoms with E-state index in [0.29, 0.717) is 32.2 Å². The molecule has 1 saturated carbocycles. The first-order valence-corrected chi connectivity index (χ1v) is 7.93. The highest BCUT2D eigenvalue weighted by molar-refractivity contribution is 5.79. The van der Waals surface area contributed by atoms with E-state index in [1.54, 1.807) is 7.11 Å². The van der Waals surface area contributed by atoms with Crippen molar-refractivity contribution >= 4 is 5.91 Å². The molecule has 1 aromatic carbocycles. The molecule has 0 bridgehead atoms. The Kier molecular flexibility index (Phi) is 6.68. The molecule has 0 radical (unpaired) electrons. The number of hydrogen-bond donors (Lipinski definition) is 2. The minimum Gasteiger partial charge on any atom is -0.491 e. The van der Waals surface area contributed by atoms with Gasteiger partial charge in [0.15, 0.2) is 0 Å². The van der Waals surface area contributed by atoms with Gasteiger partial charge >= 0.3 is 0 Å². The first-order valence-electron chi connectivity index (χ1n) is 7.93. The van der Waals surface area contributed by atoms with Gasteiger partial charge in [-0.2, -0.15) is 0 Å². The van der Waals surface area contributed by atoms with Gasteiger partial charge in [-0.3, -0.25) is 4.79 Å². The van der Waals surface area contributed by atoms with Crippen LogP contribution in [0.2, 0.25) is 0 Å². The minimum absolute atomic E-state index is 0.0751. The summed E-state index contributed by atoms with van der Waals surface area (Å²) in [5, 5.41) is 3.02. The molecule has 1 aliphatic rings. The van der Waals surface area contributed by atoms with Crippen molar-refractivity contribution in [1.29, 1.82) is 0 Å². The highest BCUT2D eigenvalue weighted by Gasteiger charge is 2.31. The van der Waals surface area contributed by atoms with Crippen LogP contribution in [-0.2, 0) is 16.1 Å². The SMILES string of the molecule is COCCOc1cccc(CNC(=O)[C@@H]2CCC[C@@H]2CN)c1. The molecule has 5 nitrogen and oxygen atoms in total. The fraction of sp³-hybridized carbons (Fsp3) is 0.588. The molecule has 0 spiro atoms. The molecule has 1 aromatic rings. The van der Waals surface area contributed by atoms with Crippen LogP contribution in [0.4, 0.5) is 0 Å². The lowest BCUT2D eigenvalue weighted by molar-refractivity contribution is -0.126. The zero-order valence-electron chi connectivity index (χ0n) is 13.2. The van der Waals surface area contributed by atoms with Crippen molar-refractivity contribution in [3.8, 4) is 5.75 Å². The van der Waals surface area contributed by atoms with Gasteiger partial charge in [0.2, 0.25) is 5.91 Å². The fourth-order valence-electron chi connectivity index (χ4n) is 2.97. The Bertz CT molecular complexity index is 479. The van der Waals surface area contributed by atoms with Gasteiger partial charge in [-0.15, -0.1) is 0 Å². The second-order valence-electron chi connectivity index (χ2n) is 5.74. The van der Waals surface area contributed by atoms with Gasteiger partial charge in [0.05, 0.1) is 6.61 Å². The molecule has 1 amide bonds. The van der Waals surface area contributed by atoms with E-state index < -0.39 is 0 Å². The van der Waals surface area contributed by atoms with Crippen molar-refractivity contribution in [3.63, 3.8) is 0 Å². The zero-order chi connectivity index (χ0) is 15.8. The number of amides is 1. The Balaban J connectivity index is 1.83. The molecule has 0 heterocycles. The molecule has 2 atom stereocenters. The molecule has 5 heteroatoms. The topological polar surface area (TPSA) is 73.6 Å². The third kappa shape index (κ3) is 4.71. The smallest absolute Gasteiger partial charge is 0.223 e. The minimum atomic E-state index is 0.0751. The number of carbonyl (C=O) groups is 1. The van der Waals surface area contributed by atoms with E-state index in [9.17, 15) is 4.79 Å². The summed E-state index contributed by atoms with van der Waals surface area (Å²) in [5.41, 5.74) is 6.77. The van der Waals surface area contributed by atoms with Crippen LogP contribution >= 0.6 is 0 Å². The summed E-state index contributed by atoms with van der Waals surface area (Å²) in [4.78, 5) is 12.3. The van der Waals surface area contributed by atoms with E-state index in [2.05, 4.69) is 5.32 Å². The molecule has 122 valence electrons. The summed E-state index contributed by atoms with van der Waals surface area (Å²) >= 11 is 0. The Morgan fingerprint density at radius 3 is 3.00 bits per heavy atom. The van der Waals surface area contributed by atoms with E-state index in [4.69, 9.17) is 15.2 Å². The predicted molar refractivity (Wildman–Crippen MR) is 85.5 cm³/mol. The standard InChI is InChI=1S/C17H26N2O3/c1-21-8-9-22-15-6-2-4-13(10-15)12-19-17(20)16-7-3-5-14(16)11-18/h2,4,6,10,14,16H,3,5,7-9,11-12,18H2,1H3,(H,19,20)/t14-,16-/m1/s1. The summed E-state index contributed by atoms with van der Waals surface area (Å²) in [6.07, 6.45) is 3.12. The number of carbonyl (C=O) groups excluding carboxylic acids is 1. The number of nitrogens with one attached hydrogen (secondary N) is 1. The van der Waals surface area contributed by atoms with Gasteiger partial charge in [0, 0.05) is 19.6 Å². The largest absolute Gasteiger partial charge is 0.491 e. The van der Waals surface area contributed by atoms with Crippen LogP contribution in [-0.4, -0.2) is 32.8 Å². The molecule has 0 unspecified atom stereocenters. The number of methoxy groups -OCH3 is 1. The maximum absolute atomic E-state index is 12.3. The number of benzene rings is 1. The van der Waals surface area contributed by atoms with E-state index >= 15 is 0 Å². The Morgan fingerprint density at radius 2 is 2.23 bits per heavy atom. The first-order chi connectivity index (χ1) is 10.7. The monoisotopic (exact) mass is 306 g/mol. The van der Waals surface area contributed by atoms with Crippen LogP contribution in [0.3, 0.4) is 0 Å². The third-order valence-electron chi connectivity index (χ3n) is 4.22. The van der Waals surface area contributed by atoms with Crippen molar-refractivity contribution in [3.05, 3.63) is 29.8 Å². The summed E-state index contributed by atoms with van der Waals surface area (Å²) in [6.45, 7) is 2.20. The van der Waals surface area contributed by atoms with Gasteiger partial charge in [0.25, 0.3) is 0 Å². The maximum Gasteiger partial charge on any atom is 0.223 e. The quantitative estimate of drug-likeness (QED) is 0.717. The van der Waals surface area contributed by atoms with Gasteiger partial charge in [-0.05, 0) is 43.0 Å². The second kappa shape index (κ2) is 8.76.